The number of allylic oxidation sites excluding steroid dienone is 4. The lowest BCUT2D eigenvalue weighted by molar-refractivity contribution is -0.104. The molecule has 0 N–H and O–H groups in total. The largest absolute Gasteiger partial charge is 0.299 e. The number of rotatable bonds is 2. The average molecular weight is 162 g/mol. The average Bonchev–Trinajstić information content (AvgIpc) is 1.94. The molecule has 0 aliphatic carbocycles. The molecule has 0 aliphatic rings. The summed E-state index contributed by atoms with van der Waals surface area (Å²) in [5, 5.41) is 0. The minimum atomic E-state index is 0.0404. The van der Waals surface area contributed by atoms with E-state index in [1.165, 1.54) is 6.08 Å². The van der Waals surface area contributed by atoms with Crippen molar-refractivity contribution in [1.29, 1.82) is 0 Å². The van der Waals surface area contributed by atoms with Gasteiger partial charge in [0.2, 0.25) is 0 Å². The summed E-state index contributed by atoms with van der Waals surface area (Å²) in [6.07, 6.45) is 7.29. The van der Waals surface area contributed by atoms with Gasteiger partial charge in [-0.2, -0.15) is 0 Å². The van der Waals surface area contributed by atoms with Crippen molar-refractivity contribution in [3.8, 4) is 11.8 Å². The van der Waals surface area contributed by atoms with E-state index >= 15 is 0 Å². The summed E-state index contributed by atoms with van der Waals surface area (Å²) < 4.78 is 0. The maximum Gasteiger partial charge on any atom is 0.142 e. The van der Waals surface area contributed by atoms with Gasteiger partial charge in [-0.1, -0.05) is 24.0 Å². The topological polar surface area (TPSA) is 17.1 Å². The molecule has 0 saturated carbocycles. The van der Waals surface area contributed by atoms with Crippen LogP contribution in [0.15, 0.2) is 24.3 Å². The maximum atomic E-state index is 9.84. The Morgan fingerprint density at radius 3 is 2.25 bits per heavy atom. The number of carbonyl (C=O) groups is 1. The molecule has 0 heterocycles. The van der Waals surface area contributed by atoms with Crippen molar-refractivity contribution < 1.29 is 4.79 Å². The van der Waals surface area contributed by atoms with Crippen LogP contribution in [0.3, 0.4) is 0 Å². The number of hydrogen-bond acceptors (Lipinski definition) is 1. The molecule has 0 atom stereocenters. The van der Waals surface area contributed by atoms with Gasteiger partial charge in [0, 0.05) is 5.41 Å². The summed E-state index contributed by atoms with van der Waals surface area (Å²) in [7, 11) is 0. The van der Waals surface area contributed by atoms with Crippen molar-refractivity contribution in [3.63, 3.8) is 0 Å². The van der Waals surface area contributed by atoms with E-state index in [-0.39, 0.29) is 5.41 Å². The first-order chi connectivity index (χ1) is 5.56. The molecule has 0 amide bonds. The summed E-state index contributed by atoms with van der Waals surface area (Å²) in [6, 6.07) is 0. The van der Waals surface area contributed by atoms with Crippen LogP contribution in [0.5, 0.6) is 0 Å². The zero-order valence-electron chi connectivity index (χ0n) is 7.79. The Hall–Kier alpha value is -1.29. The molecule has 0 saturated heterocycles. The van der Waals surface area contributed by atoms with E-state index in [0.29, 0.717) is 0 Å². The van der Waals surface area contributed by atoms with E-state index in [2.05, 4.69) is 32.6 Å². The normalized spacial score (nSPS) is 11.6. The number of aldehydes is 1. The van der Waals surface area contributed by atoms with Crippen LogP contribution in [-0.4, -0.2) is 6.29 Å². The Balaban J connectivity index is 3.94. The van der Waals surface area contributed by atoms with Gasteiger partial charge < -0.3 is 0 Å². The molecule has 0 radical (unpaired) electrons. The van der Waals surface area contributed by atoms with Crippen molar-refractivity contribution in [2.75, 3.05) is 0 Å². The van der Waals surface area contributed by atoms with Crippen LogP contribution in [0.2, 0.25) is 0 Å². The third-order valence-corrected chi connectivity index (χ3v) is 0.928. The number of carbonyl (C=O) groups excluding carboxylic acids is 1. The predicted molar refractivity (Wildman–Crippen MR) is 51.6 cm³/mol. The SMILES string of the molecule is CC(C)(C)C#C/C=C/C=C/C=O. The van der Waals surface area contributed by atoms with E-state index in [1.807, 2.05) is 0 Å². The molecule has 0 fully saturated rings. The maximum absolute atomic E-state index is 9.84. The molecule has 1 heteroatoms. The highest BCUT2D eigenvalue weighted by Crippen LogP contribution is 2.09. The van der Waals surface area contributed by atoms with Crippen molar-refractivity contribution >= 4 is 6.29 Å². The van der Waals surface area contributed by atoms with Crippen molar-refractivity contribution in [2.24, 2.45) is 5.41 Å². The van der Waals surface area contributed by atoms with E-state index in [4.69, 9.17) is 0 Å². The Labute approximate surface area is 74.2 Å². The van der Waals surface area contributed by atoms with Crippen LogP contribution in [0.1, 0.15) is 20.8 Å². The van der Waals surface area contributed by atoms with Crippen LogP contribution < -0.4 is 0 Å². The highest BCUT2D eigenvalue weighted by atomic mass is 16.1. The Kier molecular flexibility index (Phi) is 4.79. The second kappa shape index (κ2) is 5.37. The fourth-order valence-corrected chi connectivity index (χ4v) is 0.471. The highest BCUT2D eigenvalue weighted by molar-refractivity contribution is 5.65. The van der Waals surface area contributed by atoms with Crippen molar-refractivity contribution in [1.82, 2.24) is 0 Å². The Morgan fingerprint density at radius 2 is 1.75 bits per heavy atom. The van der Waals surface area contributed by atoms with Crippen LogP contribution in [0.4, 0.5) is 0 Å². The van der Waals surface area contributed by atoms with Gasteiger partial charge in [0.15, 0.2) is 0 Å². The van der Waals surface area contributed by atoms with Gasteiger partial charge in [-0.25, -0.2) is 0 Å². The van der Waals surface area contributed by atoms with Gasteiger partial charge in [0.05, 0.1) is 0 Å². The first-order valence-corrected chi connectivity index (χ1v) is 3.86. The second-order valence-electron chi connectivity index (χ2n) is 3.40. The molecular formula is C11H14O. The summed E-state index contributed by atoms with van der Waals surface area (Å²) in [5.41, 5.74) is 0.0404. The number of hydrogen-bond donors (Lipinski definition) is 0. The third kappa shape index (κ3) is 8.71. The molecule has 12 heavy (non-hydrogen) atoms. The lowest BCUT2D eigenvalue weighted by Crippen LogP contribution is -1.98. The quantitative estimate of drug-likeness (QED) is 0.263. The predicted octanol–water partition coefficient (Wildman–Crippen LogP) is 2.35. The molecule has 0 bridgehead atoms. The van der Waals surface area contributed by atoms with Crippen LogP contribution in [0, 0.1) is 17.3 Å². The summed E-state index contributed by atoms with van der Waals surface area (Å²) in [5.74, 6) is 5.93. The van der Waals surface area contributed by atoms with E-state index in [9.17, 15) is 4.79 Å². The fourth-order valence-electron chi connectivity index (χ4n) is 0.471. The summed E-state index contributed by atoms with van der Waals surface area (Å²) in [4.78, 5) is 9.84. The lowest BCUT2D eigenvalue weighted by Gasteiger charge is -2.05. The van der Waals surface area contributed by atoms with E-state index in [1.54, 1.807) is 18.2 Å². The highest BCUT2D eigenvalue weighted by Gasteiger charge is 2.01. The lowest BCUT2D eigenvalue weighted by atomic mass is 9.98. The molecule has 0 spiro atoms. The van der Waals surface area contributed by atoms with Gasteiger partial charge in [0.25, 0.3) is 0 Å². The third-order valence-electron chi connectivity index (χ3n) is 0.928. The van der Waals surface area contributed by atoms with E-state index in [0.717, 1.165) is 6.29 Å². The smallest absolute Gasteiger partial charge is 0.142 e. The molecule has 64 valence electrons. The molecule has 0 unspecified atom stereocenters. The first kappa shape index (κ1) is 10.7. The van der Waals surface area contributed by atoms with E-state index < -0.39 is 0 Å². The van der Waals surface area contributed by atoms with Gasteiger partial charge in [0.1, 0.15) is 6.29 Å². The molecule has 0 rings (SSSR count). The Bertz CT molecular complexity index is 240. The van der Waals surface area contributed by atoms with Crippen LogP contribution in [0.25, 0.3) is 0 Å². The standard InChI is InChI=1S/C11H14O/c1-11(2,3)9-7-5-4-6-8-10-12/h4-6,8,10H,1-3H3/b5-4+,8-6+. The van der Waals surface area contributed by atoms with Gasteiger partial charge in [-0.15, -0.1) is 0 Å². The van der Waals surface area contributed by atoms with Crippen LogP contribution >= 0.6 is 0 Å². The van der Waals surface area contributed by atoms with Crippen molar-refractivity contribution in [3.05, 3.63) is 24.3 Å². The van der Waals surface area contributed by atoms with Crippen LogP contribution in [-0.2, 0) is 4.79 Å². The molecule has 0 aliphatic heterocycles. The zero-order valence-corrected chi connectivity index (χ0v) is 7.79. The summed E-state index contributed by atoms with van der Waals surface area (Å²) >= 11 is 0. The fraction of sp³-hybridized carbons (Fsp3) is 0.364. The van der Waals surface area contributed by atoms with Crippen molar-refractivity contribution in [2.45, 2.75) is 20.8 Å². The zero-order chi connectivity index (χ0) is 9.45. The molecule has 0 aromatic heterocycles. The molecule has 0 aromatic rings. The molecule has 0 aromatic carbocycles. The van der Waals surface area contributed by atoms with Gasteiger partial charge in [-0.05, 0) is 32.9 Å². The second-order valence-corrected chi connectivity index (χ2v) is 3.40. The minimum Gasteiger partial charge on any atom is -0.299 e. The monoisotopic (exact) mass is 162 g/mol. The Morgan fingerprint density at radius 1 is 1.08 bits per heavy atom. The molecule has 1 nitrogen and oxygen atoms in total. The van der Waals surface area contributed by atoms with Gasteiger partial charge in [-0.3, -0.25) is 4.79 Å². The minimum absolute atomic E-state index is 0.0404. The first-order valence-electron chi connectivity index (χ1n) is 3.86. The summed E-state index contributed by atoms with van der Waals surface area (Å²) in [6.45, 7) is 6.15. The van der Waals surface area contributed by atoms with Gasteiger partial charge >= 0.3 is 0 Å². The molecular weight excluding hydrogens is 148 g/mol.